The number of hydrogen-bond acceptors (Lipinski definition) is 5. The van der Waals surface area contributed by atoms with Crippen molar-refractivity contribution in [1.29, 1.82) is 0 Å². The van der Waals surface area contributed by atoms with Crippen LogP contribution in [0.25, 0.3) is 0 Å². The summed E-state index contributed by atoms with van der Waals surface area (Å²) in [7, 11) is 0. The zero-order chi connectivity index (χ0) is 25.0. The van der Waals surface area contributed by atoms with Gasteiger partial charge in [0.1, 0.15) is 5.75 Å². The summed E-state index contributed by atoms with van der Waals surface area (Å²) in [6, 6.07) is 21.7. The molecule has 8 nitrogen and oxygen atoms in total. The number of rotatable bonds is 9. The summed E-state index contributed by atoms with van der Waals surface area (Å²) in [4.78, 5) is 36.2. The lowest BCUT2D eigenvalue weighted by molar-refractivity contribution is -0.139. The molecule has 0 fully saturated rings. The number of amides is 3. The van der Waals surface area contributed by atoms with Crippen LogP contribution in [0.2, 0.25) is 5.02 Å². The molecule has 0 aliphatic rings. The molecule has 3 rings (SSSR count). The Kier molecular flexibility index (Phi) is 9.39. The maximum absolute atomic E-state index is 12.3. The van der Waals surface area contributed by atoms with Crippen molar-refractivity contribution in [3.05, 3.63) is 94.5 Å². The Morgan fingerprint density at radius 1 is 0.943 bits per heavy atom. The zero-order valence-electron chi connectivity index (χ0n) is 19.1. The summed E-state index contributed by atoms with van der Waals surface area (Å²) in [6.07, 6.45) is 1.95. The number of hydrogen-bond donors (Lipinski definition) is 3. The van der Waals surface area contributed by atoms with E-state index in [9.17, 15) is 14.4 Å². The van der Waals surface area contributed by atoms with Crippen LogP contribution < -0.4 is 20.8 Å². The van der Waals surface area contributed by atoms with Crippen LogP contribution in [-0.4, -0.2) is 37.1 Å². The van der Waals surface area contributed by atoms with Gasteiger partial charge in [0.15, 0.2) is 6.61 Å². The van der Waals surface area contributed by atoms with E-state index in [2.05, 4.69) is 21.2 Å². The summed E-state index contributed by atoms with van der Waals surface area (Å²) < 4.78 is 5.61. The smallest absolute Gasteiger partial charge is 0.329 e. The van der Waals surface area contributed by atoms with E-state index in [1.54, 1.807) is 42.5 Å². The second-order valence-electron chi connectivity index (χ2n) is 7.48. The van der Waals surface area contributed by atoms with Gasteiger partial charge < -0.3 is 15.4 Å². The third kappa shape index (κ3) is 7.97. The molecule has 3 amide bonds. The first kappa shape index (κ1) is 25.5. The van der Waals surface area contributed by atoms with Gasteiger partial charge in [-0.1, -0.05) is 60.1 Å². The molecular weight excluding hydrogens is 468 g/mol. The van der Waals surface area contributed by atoms with Crippen LogP contribution in [0.3, 0.4) is 0 Å². The topological polar surface area (TPSA) is 109 Å². The molecule has 0 atom stereocenters. The van der Waals surface area contributed by atoms with Gasteiger partial charge in [0.25, 0.3) is 5.91 Å². The number of nitrogens with zero attached hydrogens (tertiary/aromatic N) is 1. The van der Waals surface area contributed by atoms with Crippen LogP contribution in [0, 0.1) is 6.92 Å². The van der Waals surface area contributed by atoms with Gasteiger partial charge in [-0.3, -0.25) is 14.4 Å². The van der Waals surface area contributed by atoms with Gasteiger partial charge in [-0.2, -0.15) is 5.10 Å². The summed E-state index contributed by atoms with van der Waals surface area (Å²) in [5.74, 6) is -1.64. The highest BCUT2D eigenvalue weighted by Crippen LogP contribution is 2.23. The Hall–Kier alpha value is -4.17. The Labute approximate surface area is 208 Å². The molecule has 3 aromatic rings. The number of ether oxygens (including phenoxy) is 1. The number of benzene rings is 3. The summed E-state index contributed by atoms with van der Waals surface area (Å²) in [5, 5.41) is 9.68. The SMILES string of the molecule is Cc1c(Cl)cccc1NC(=O)COc1ccccc1/C=N/NC(=O)C(=O)NCCc1ccccc1. The monoisotopic (exact) mass is 492 g/mol. The molecule has 0 bridgehead atoms. The summed E-state index contributed by atoms with van der Waals surface area (Å²) >= 11 is 6.08. The minimum absolute atomic E-state index is 0.243. The largest absolute Gasteiger partial charge is 0.483 e. The lowest BCUT2D eigenvalue weighted by atomic mass is 10.1. The molecule has 0 heterocycles. The average molecular weight is 493 g/mol. The van der Waals surface area contributed by atoms with Gasteiger partial charge in [0, 0.05) is 22.8 Å². The van der Waals surface area contributed by atoms with E-state index in [0.717, 1.165) is 11.1 Å². The molecular formula is C26H25ClN4O4. The molecule has 35 heavy (non-hydrogen) atoms. The molecule has 0 aliphatic heterocycles. The fourth-order valence-electron chi connectivity index (χ4n) is 3.05. The molecule has 3 N–H and O–H groups in total. The first-order valence-corrected chi connectivity index (χ1v) is 11.2. The highest BCUT2D eigenvalue weighted by molar-refractivity contribution is 6.35. The quantitative estimate of drug-likeness (QED) is 0.241. The van der Waals surface area contributed by atoms with E-state index < -0.39 is 11.8 Å². The second kappa shape index (κ2) is 12.9. The molecule has 3 aromatic carbocycles. The molecule has 0 unspecified atom stereocenters. The van der Waals surface area contributed by atoms with Crippen molar-refractivity contribution in [3.8, 4) is 5.75 Å². The molecule has 180 valence electrons. The van der Waals surface area contributed by atoms with Gasteiger partial charge >= 0.3 is 11.8 Å². The Balaban J connectivity index is 1.47. The molecule has 0 saturated heterocycles. The Morgan fingerprint density at radius 2 is 1.69 bits per heavy atom. The third-order valence-electron chi connectivity index (χ3n) is 4.94. The van der Waals surface area contributed by atoms with Crippen LogP contribution in [0.5, 0.6) is 5.75 Å². The highest BCUT2D eigenvalue weighted by atomic mass is 35.5. The van der Waals surface area contributed by atoms with Gasteiger partial charge in [0.2, 0.25) is 0 Å². The van der Waals surface area contributed by atoms with Crippen molar-refractivity contribution < 1.29 is 19.1 Å². The van der Waals surface area contributed by atoms with Gasteiger partial charge in [-0.05, 0) is 48.7 Å². The van der Waals surface area contributed by atoms with Gasteiger partial charge in [-0.25, -0.2) is 5.43 Å². The second-order valence-corrected chi connectivity index (χ2v) is 7.88. The molecule has 0 aromatic heterocycles. The third-order valence-corrected chi connectivity index (χ3v) is 5.35. The predicted octanol–water partition coefficient (Wildman–Crippen LogP) is 3.47. The number of para-hydroxylation sites is 1. The fraction of sp³-hybridized carbons (Fsp3) is 0.154. The van der Waals surface area contributed by atoms with Crippen LogP contribution in [0.15, 0.2) is 77.9 Å². The Bertz CT molecular complexity index is 1210. The van der Waals surface area contributed by atoms with Crippen molar-refractivity contribution in [2.24, 2.45) is 5.10 Å². The van der Waals surface area contributed by atoms with E-state index in [4.69, 9.17) is 16.3 Å². The summed E-state index contributed by atoms with van der Waals surface area (Å²) in [6.45, 7) is 1.89. The van der Waals surface area contributed by atoms with Crippen molar-refractivity contribution in [2.45, 2.75) is 13.3 Å². The molecule has 0 aliphatic carbocycles. The van der Waals surface area contributed by atoms with Crippen molar-refractivity contribution >= 4 is 41.2 Å². The molecule has 9 heteroatoms. The van der Waals surface area contributed by atoms with E-state index in [1.165, 1.54) is 6.21 Å². The van der Waals surface area contributed by atoms with Gasteiger partial charge in [0.05, 0.1) is 6.21 Å². The van der Waals surface area contributed by atoms with E-state index in [0.29, 0.717) is 35.0 Å². The minimum atomic E-state index is -0.885. The highest BCUT2D eigenvalue weighted by Gasteiger charge is 2.12. The number of anilines is 1. The summed E-state index contributed by atoms with van der Waals surface area (Å²) in [5.41, 5.74) is 5.12. The first-order valence-electron chi connectivity index (χ1n) is 10.9. The number of hydrazone groups is 1. The predicted molar refractivity (Wildman–Crippen MR) is 136 cm³/mol. The molecule has 0 radical (unpaired) electrons. The molecule has 0 spiro atoms. The van der Waals surface area contributed by atoms with Crippen LogP contribution in [0.1, 0.15) is 16.7 Å². The maximum Gasteiger partial charge on any atom is 0.329 e. The van der Waals surface area contributed by atoms with Crippen LogP contribution in [0.4, 0.5) is 5.69 Å². The van der Waals surface area contributed by atoms with E-state index in [1.807, 2.05) is 37.3 Å². The fourth-order valence-corrected chi connectivity index (χ4v) is 3.22. The Morgan fingerprint density at radius 3 is 2.49 bits per heavy atom. The molecule has 0 saturated carbocycles. The van der Waals surface area contributed by atoms with Crippen molar-refractivity contribution in [1.82, 2.24) is 10.7 Å². The number of nitrogens with one attached hydrogen (secondary N) is 3. The van der Waals surface area contributed by atoms with Crippen molar-refractivity contribution in [2.75, 3.05) is 18.5 Å². The van der Waals surface area contributed by atoms with E-state index >= 15 is 0 Å². The standard InChI is InChI=1S/C26H25ClN4O4/c1-18-21(27)11-7-12-22(18)30-24(32)17-35-23-13-6-5-10-20(23)16-29-31-26(34)25(33)28-15-14-19-8-3-2-4-9-19/h2-13,16H,14-15,17H2,1H3,(H,28,33)(H,30,32)(H,31,34)/b29-16+. The lowest BCUT2D eigenvalue weighted by Crippen LogP contribution is -2.38. The van der Waals surface area contributed by atoms with Gasteiger partial charge in [-0.15, -0.1) is 0 Å². The van der Waals surface area contributed by atoms with Crippen LogP contribution in [-0.2, 0) is 20.8 Å². The minimum Gasteiger partial charge on any atom is -0.483 e. The average Bonchev–Trinajstić information content (AvgIpc) is 2.86. The normalized spacial score (nSPS) is 10.6. The lowest BCUT2D eigenvalue weighted by Gasteiger charge is -2.11. The maximum atomic E-state index is 12.3. The van der Waals surface area contributed by atoms with Crippen LogP contribution >= 0.6 is 11.6 Å². The first-order chi connectivity index (χ1) is 16.9. The number of carbonyl (C=O) groups is 3. The number of carbonyl (C=O) groups excluding carboxylic acids is 3. The number of halogens is 1. The van der Waals surface area contributed by atoms with E-state index in [-0.39, 0.29) is 12.5 Å². The zero-order valence-corrected chi connectivity index (χ0v) is 19.8. The van der Waals surface area contributed by atoms with Crippen molar-refractivity contribution in [3.63, 3.8) is 0 Å².